The van der Waals surface area contributed by atoms with E-state index in [1.807, 2.05) is 24.3 Å². The van der Waals surface area contributed by atoms with Crippen molar-refractivity contribution >= 4 is 33.2 Å². The lowest BCUT2D eigenvalue weighted by atomic mass is 10.1. The van der Waals surface area contributed by atoms with Gasteiger partial charge in [0.2, 0.25) is 0 Å². The molecule has 0 spiro atoms. The van der Waals surface area contributed by atoms with E-state index in [4.69, 9.17) is 4.74 Å². The molecule has 0 aromatic heterocycles. The molecule has 0 bridgehead atoms. The molecule has 0 aliphatic heterocycles. The number of carbonyl (C=O) groups excluding carboxylic acids is 1. The number of non-ortho nitro benzene ring substituents is 1. The number of rotatable bonds is 6. The van der Waals surface area contributed by atoms with Crippen molar-refractivity contribution in [2.24, 2.45) is 0 Å². The van der Waals surface area contributed by atoms with Crippen molar-refractivity contribution in [1.82, 2.24) is 0 Å². The second-order valence-electron chi connectivity index (χ2n) is 5.68. The van der Waals surface area contributed by atoms with Crippen molar-refractivity contribution < 1.29 is 14.5 Å². The molecule has 1 amide bonds. The number of nitro benzene ring substituents is 1. The third kappa shape index (κ3) is 4.92. The number of para-hydroxylation sites is 1. The zero-order valence-corrected chi connectivity index (χ0v) is 15.7. The number of benzene rings is 3. The maximum atomic E-state index is 12.6. The number of halogens is 1. The van der Waals surface area contributed by atoms with E-state index in [9.17, 15) is 14.9 Å². The number of carbonyl (C=O) groups is 1. The highest BCUT2D eigenvalue weighted by atomic mass is 79.9. The number of ether oxygens (including phenoxy) is 1. The fraction of sp³-hybridized carbons (Fsp3) is 0.0500. The summed E-state index contributed by atoms with van der Waals surface area (Å²) >= 11 is 3.41. The lowest BCUT2D eigenvalue weighted by Crippen LogP contribution is -2.13. The molecular weight excluding hydrogens is 412 g/mol. The SMILES string of the molecule is O=C(Nc1cccc([N+](=O)[O-])c1)c1ccccc1OCc1cccc(Br)c1. The molecule has 0 saturated heterocycles. The minimum Gasteiger partial charge on any atom is -0.488 e. The highest BCUT2D eigenvalue weighted by Crippen LogP contribution is 2.23. The molecule has 0 aliphatic carbocycles. The Morgan fingerprint density at radius 3 is 2.59 bits per heavy atom. The molecule has 7 heteroatoms. The average Bonchev–Trinajstić information content (AvgIpc) is 2.67. The molecule has 136 valence electrons. The molecule has 0 heterocycles. The predicted octanol–water partition coefficient (Wildman–Crippen LogP) is 5.19. The third-order valence-electron chi connectivity index (χ3n) is 3.73. The van der Waals surface area contributed by atoms with E-state index in [-0.39, 0.29) is 5.69 Å². The summed E-state index contributed by atoms with van der Waals surface area (Å²) in [6.45, 7) is 0.306. The fourth-order valence-electron chi connectivity index (χ4n) is 2.46. The molecule has 0 aliphatic rings. The summed E-state index contributed by atoms with van der Waals surface area (Å²) in [5, 5.41) is 13.5. The predicted molar refractivity (Wildman–Crippen MR) is 106 cm³/mol. The number of nitrogens with zero attached hydrogens (tertiary/aromatic N) is 1. The Labute approximate surface area is 164 Å². The van der Waals surface area contributed by atoms with Gasteiger partial charge in [-0.25, -0.2) is 0 Å². The summed E-state index contributed by atoms with van der Waals surface area (Å²) in [6, 6.07) is 20.3. The molecule has 3 aromatic carbocycles. The van der Waals surface area contributed by atoms with Crippen LogP contribution in [0.3, 0.4) is 0 Å². The first kappa shape index (κ1) is 18.6. The van der Waals surface area contributed by atoms with Gasteiger partial charge in [0.1, 0.15) is 12.4 Å². The van der Waals surface area contributed by atoms with Crippen LogP contribution in [-0.2, 0) is 6.61 Å². The van der Waals surface area contributed by atoms with Gasteiger partial charge in [-0.1, -0.05) is 46.3 Å². The standard InChI is InChI=1S/C20H15BrN2O4/c21-15-6-3-5-14(11-15)13-27-19-10-2-1-9-18(19)20(24)22-16-7-4-8-17(12-16)23(25)26/h1-12H,13H2,(H,22,24). The summed E-state index contributed by atoms with van der Waals surface area (Å²) in [4.78, 5) is 23.0. The van der Waals surface area contributed by atoms with Gasteiger partial charge in [-0.3, -0.25) is 14.9 Å². The topological polar surface area (TPSA) is 81.5 Å². The fourth-order valence-corrected chi connectivity index (χ4v) is 2.91. The Hall–Kier alpha value is -3.19. The van der Waals surface area contributed by atoms with Gasteiger partial charge < -0.3 is 10.1 Å². The maximum absolute atomic E-state index is 12.6. The maximum Gasteiger partial charge on any atom is 0.271 e. The van der Waals surface area contributed by atoms with E-state index >= 15 is 0 Å². The van der Waals surface area contributed by atoms with E-state index in [0.717, 1.165) is 10.0 Å². The van der Waals surface area contributed by atoms with Crippen LogP contribution < -0.4 is 10.1 Å². The van der Waals surface area contributed by atoms with Gasteiger partial charge in [-0.15, -0.1) is 0 Å². The number of hydrogen-bond acceptors (Lipinski definition) is 4. The zero-order valence-electron chi connectivity index (χ0n) is 14.1. The van der Waals surface area contributed by atoms with Crippen LogP contribution in [0.15, 0.2) is 77.3 Å². The highest BCUT2D eigenvalue weighted by Gasteiger charge is 2.14. The van der Waals surface area contributed by atoms with Crippen molar-refractivity contribution in [3.05, 3.63) is 98.5 Å². The summed E-state index contributed by atoms with van der Waals surface area (Å²) < 4.78 is 6.75. The molecule has 27 heavy (non-hydrogen) atoms. The first-order chi connectivity index (χ1) is 13.0. The monoisotopic (exact) mass is 426 g/mol. The quantitative estimate of drug-likeness (QED) is 0.434. The molecule has 0 saturated carbocycles. The molecule has 3 aromatic rings. The van der Waals surface area contributed by atoms with Crippen molar-refractivity contribution in [3.63, 3.8) is 0 Å². The van der Waals surface area contributed by atoms with E-state index in [1.54, 1.807) is 30.3 Å². The smallest absolute Gasteiger partial charge is 0.271 e. The Balaban J connectivity index is 1.75. The van der Waals surface area contributed by atoms with E-state index in [0.29, 0.717) is 23.6 Å². The van der Waals surface area contributed by atoms with Crippen LogP contribution in [0.1, 0.15) is 15.9 Å². The Morgan fingerprint density at radius 1 is 1.04 bits per heavy atom. The minimum atomic E-state index is -0.509. The molecule has 1 N–H and O–H groups in total. The Bertz CT molecular complexity index is 991. The normalized spacial score (nSPS) is 10.3. The largest absolute Gasteiger partial charge is 0.488 e. The van der Waals surface area contributed by atoms with E-state index in [2.05, 4.69) is 21.2 Å². The molecule has 0 fully saturated rings. The van der Waals surface area contributed by atoms with Gasteiger partial charge in [0.05, 0.1) is 10.5 Å². The lowest BCUT2D eigenvalue weighted by molar-refractivity contribution is -0.384. The van der Waals surface area contributed by atoms with Crippen molar-refractivity contribution in [2.45, 2.75) is 6.61 Å². The number of hydrogen-bond donors (Lipinski definition) is 1. The summed E-state index contributed by atoms with van der Waals surface area (Å²) in [6.07, 6.45) is 0. The van der Waals surface area contributed by atoms with Gasteiger partial charge in [0.25, 0.3) is 11.6 Å². The van der Waals surface area contributed by atoms with Crippen LogP contribution in [0.2, 0.25) is 0 Å². The number of amides is 1. The van der Waals surface area contributed by atoms with Crippen LogP contribution in [0.5, 0.6) is 5.75 Å². The number of nitrogens with one attached hydrogen (secondary N) is 1. The second kappa shape index (κ2) is 8.46. The van der Waals surface area contributed by atoms with E-state index < -0.39 is 10.8 Å². The van der Waals surface area contributed by atoms with Crippen LogP contribution >= 0.6 is 15.9 Å². The zero-order chi connectivity index (χ0) is 19.2. The van der Waals surface area contributed by atoms with Gasteiger partial charge in [-0.2, -0.15) is 0 Å². The van der Waals surface area contributed by atoms with Crippen LogP contribution in [0.25, 0.3) is 0 Å². The molecule has 3 rings (SSSR count). The molecule has 0 atom stereocenters. The van der Waals surface area contributed by atoms with Crippen LogP contribution in [0.4, 0.5) is 11.4 Å². The van der Waals surface area contributed by atoms with Gasteiger partial charge >= 0.3 is 0 Å². The average molecular weight is 427 g/mol. The highest BCUT2D eigenvalue weighted by molar-refractivity contribution is 9.10. The molecule has 0 radical (unpaired) electrons. The first-order valence-corrected chi connectivity index (χ1v) is 8.84. The Morgan fingerprint density at radius 2 is 1.81 bits per heavy atom. The van der Waals surface area contributed by atoms with Crippen molar-refractivity contribution in [2.75, 3.05) is 5.32 Å². The van der Waals surface area contributed by atoms with Crippen LogP contribution in [-0.4, -0.2) is 10.8 Å². The van der Waals surface area contributed by atoms with E-state index in [1.165, 1.54) is 18.2 Å². The van der Waals surface area contributed by atoms with Gasteiger partial charge in [0, 0.05) is 22.3 Å². The van der Waals surface area contributed by atoms with Crippen molar-refractivity contribution in [1.29, 1.82) is 0 Å². The molecule has 6 nitrogen and oxygen atoms in total. The number of anilines is 1. The lowest BCUT2D eigenvalue weighted by Gasteiger charge is -2.12. The third-order valence-corrected chi connectivity index (χ3v) is 4.22. The minimum absolute atomic E-state index is 0.0908. The molecule has 0 unspecified atom stereocenters. The summed E-state index contributed by atoms with van der Waals surface area (Å²) in [5.74, 6) is 0.0285. The number of nitro groups is 1. The second-order valence-corrected chi connectivity index (χ2v) is 6.59. The summed E-state index contributed by atoms with van der Waals surface area (Å²) in [7, 11) is 0. The first-order valence-electron chi connectivity index (χ1n) is 8.05. The van der Waals surface area contributed by atoms with Gasteiger partial charge in [0.15, 0.2) is 0 Å². The summed E-state index contributed by atoms with van der Waals surface area (Å²) in [5.41, 5.74) is 1.56. The van der Waals surface area contributed by atoms with Crippen molar-refractivity contribution in [3.8, 4) is 5.75 Å². The van der Waals surface area contributed by atoms with Crippen LogP contribution in [0, 0.1) is 10.1 Å². The molecular formula is C20H15BrN2O4. The van der Waals surface area contributed by atoms with Gasteiger partial charge in [-0.05, 0) is 35.9 Å². The Kier molecular flexibility index (Phi) is 5.83.